The quantitative estimate of drug-likeness (QED) is 0.922. The first kappa shape index (κ1) is 13.2. The molecule has 0 bridgehead atoms. The summed E-state index contributed by atoms with van der Waals surface area (Å²) in [5.74, 6) is -0.254. The number of carboxylic acid groups (broad SMARTS) is 1. The Morgan fingerprint density at radius 2 is 2.10 bits per heavy atom. The van der Waals surface area contributed by atoms with Gasteiger partial charge in [0.15, 0.2) is 0 Å². The molecule has 0 saturated heterocycles. The van der Waals surface area contributed by atoms with Gasteiger partial charge in [-0.05, 0) is 37.8 Å². The zero-order chi connectivity index (χ0) is 14.1. The van der Waals surface area contributed by atoms with Crippen LogP contribution in [0.5, 0.6) is 0 Å². The van der Waals surface area contributed by atoms with Crippen molar-refractivity contribution in [2.75, 3.05) is 0 Å². The van der Waals surface area contributed by atoms with Crippen LogP contribution in [0.2, 0.25) is 0 Å². The van der Waals surface area contributed by atoms with E-state index in [4.69, 9.17) is 0 Å². The molecule has 1 aromatic heterocycles. The van der Waals surface area contributed by atoms with Crippen molar-refractivity contribution in [2.24, 2.45) is 5.92 Å². The van der Waals surface area contributed by atoms with Gasteiger partial charge in [0, 0.05) is 6.04 Å². The second kappa shape index (κ2) is 5.27. The summed E-state index contributed by atoms with van der Waals surface area (Å²) in [5, 5.41) is 9.38. The normalized spacial score (nSPS) is 18.2. The predicted octanol–water partition coefficient (Wildman–Crippen LogP) is 3.88. The number of aromatic carboxylic acids is 1. The Balaban J connectivity index is 2.04. The Morgan fingerprint density at radius 1 is 1.35 bits per heavy atom. The van der Waals surface area contributed by atoms with Crippen LogP contribution >= 0.6 is 0 Å². The highest BCUT2D eigenvalue weighted by Crippen LogP contribution is 2.34. The van der Waals surface area contributed by atoms with Gasteiger partial charge in [0.05, 0.1) is 22.9 Å². The summed E-state index contributed by atoms with van der Waals surface area (Å²) in [4.78, 5) is 15.8. The van der Waals surface area contributed by atoms with Gasteiger partial charge >= 0.3 is 5.97 Å². The third-order valence-electron chi connectivity index (χ3n) is 4.60. The molecule has 0 amide bonds. The van der Waals surface area contributed by atoms with Crippen molar-refractivity contribution in [3.8, 4) is 0 Å². The second-order valence-corrected chi connectivity index (χ2v) is 5.77. The molecule has 2 aromatic rings. The van der Waals surface area contributed by atoms with E-state index >= 15 is 0 Å². The summed E-state index contributed by atoms with van der Waals surface area (Å²) >= 11 is 0. The maximum absolute atomic E-state index is 11.4. The van der Waals surface area contributed by atoms with E-state index in [0.717, 1.165) is 11.0 Å². The zero-order valence-corrected chi connectivity index (χ0v) is 11.7. The van der Waals surface area contributed by atoms with E-state index in [0.29, 0.717) is 17.5 Å². The number of aromatic nitrogens is 2. The van der Waals surface area contributed by atoms with Crippen LogP contribution in [-0.2, 0) is 0 Å². The number of hydrogen-bond donors (Lipinski definition) is 1. The number of imidazole rings is 1. The lowest BCUT2D eigenvalue weighted by Gasteiger charge is -2.29. The number of rotatable bonds is 3. The molecule has 1 fully saturated rings. The Morgan fingerprint density at radius 3 is 2.80 bits per heavy atom. The standard InChI is InChI=1S/C16H20N2O2/c1-11(12-6-3-2-4-7-12)18-10-17-14-9-5-8-13(15(14)18)16(19)20/h5,8-12H,2-4,6-7H2,1H3,(H,19,20). The largest absolute Gasteiger partial charge is 0.478 e. The molecular weight excluding hydrogens is 252 g/mol. The molecule has 4 heteroatoms. The number of carboxylic acids is 1. The summed E-state index contributed by atoms with van der Waals surface area (Å²) < 4.78 is 2.06. The van der Waals surface area contributed by atoms with Crippen molar-refractivity contribution < 1.29 is 9.90 Å². The lowest BCUT2D eigenvalue weighted by atomic mass is 9.84. The van der Waals surface area contributed by atoms with Crippen LogP contribution in [0.3, 0.4) is 0 Å². The van der Waals surface area contributed by atoms with Gasteiger partial charge in [-0.3, -0.25) is 0 Å². The molecule has 0 radical (unpaired) electrons. The van der Waals surface area contributed by atoms with Crippen molar-refractivity contribution in [1.82, 2.24) is 9.55 Å². The molecule has 1 heterocycles. The molecule has 1 unspecified atom stereocenters. The molecule has 4 nitrogen and oxygen atoms in total. The summed E-state index contributed by atoms with van der Waals surface area (Å²) in [6, 6.07) is 5.61. The van der Waals surface area contributed by atoms with Crippen LogP contribution in [-0.4, -0.2) is 20.6 Å². The molecule has 1 N–H and O–H groups in total. The van der Waals surface area contributed by atoms with E-state index in [1.807, 2.05) is 6.07 Å². The van der Waals surface area contributed by atoms with Gasteiger partial charge in [-0.25, -0.2) is 9.78 Å². The van der Waals surface area contributed by atoms with Crippen LogP contribution in [0.4, 0.5) is 0 Å². The number of hydrogen-bond acceptors (Lipinski definition) is 2. The number of carbonyl (C=O) groups is 1. The molecule has 3 rings (SSSR count). The van der Waals surface area contributed by atoms with Crippen LogP contribution in [0.25, 0.3) is 11.0 Å². The predicted molar refractivity (Wildman–Crippen MR) is 78.0 cm³/mol. The smallest absolute Gasteiger partial charge is 0.337 e. The van der Waals surface area contributed by atoms with Gasteiger partial charge in [0.2, 0.25) is 0 Å². The second-order valence-electron chi connectivity index (χ2n) is 5.77. The average Bonchev–Trinajstić information content (AvgIpc) is 2.91. The van der Waals surface area contributed by atoms with Crippen molar-refractivity contribution in [3.05, 3.63) is 30.1 Å². The third kappa shape index (κ3) is 2.19. The van der Waals surface area contributed by atoms with Gasteiger partial charge in [-0.15, -0.1) is 0 Å². The highest BCUT2D eigenvalue weighted by molar-refractivity contribution is 6.01. The van der Waals surface area contributed by atoms with E-state index in [9.17, 15) is 9.90 Å². The molecule has 106 valence electrons. The number of para-hydroxylation sites is 1. The lowest BCUT2D eigenvalue weighted by Crippen LogP contribution is -2.19. The molecule has 0 spiro atoms. The highest BCUT2D eigenvalue weighted by Gasteiger charge is 2.24. The van der Waals surface area contributed by atoms with E-state index in [1.54, 1.807) is 18.5 Å². The van der Waals surface area contributed by atoms with Crippen LogP contribution in [0, 0.1) is 5.92 Å². The minimum absolute atomic E-state index is 0.306. The summed E-state index contributed by atoms with van der Waals surface area (Å²) in [7, 11) is 0. The Kier molecular flexibility index (Phi) is 3.47. The molecule has 1 aliphatic carbocycles. The maximum atomic E-state index is 11.4. The molecule has 20 heavy (non-hydrogen) atoms. The number of fused-ring (bicyclic) bond motifs is 1. The fraction of sp³-hybridized carbons (Fsp3) is 0.500. The molecule has 1 atom stereocenters. The summed E-state index contributed by atoms with van der Waals surface area (Å²) in [6.07, 6.45) is 8.16. The first-order valence-electron chi connectivity index (χ1n) is 7.37. The van der Waals surface area contributed by atoms with Gasteiger partial charge < -0.3 is 9.67 Å². The maximum Gasteiger partial charge on any atom is 0.337 e. The summed E-state index contributed by atoms with van der Waals surface area (Å²) in [6.45, 7) is 2.19. The fourth-order valence-electron chi connectivity index (χ4n) is 3.41. The molecular formula is C16H20N2O2. The molecule has 1 saturated carbocycles. The molecule has 1 aromatic carbocycles. The summed E-state index contributed by atoms with van der Waals surface area (Å²) in [5.41, 5.74) is 1.88. The topological polar surface area (TPSA) is 55.1 Å². The van der Waals surface area contributed by atoms with Crippen molar-refractivity contribution >= 4 is 17.0 Å². The first-order chi connectivity index (χ1) is 9.68. The minimum Gasteiger partial charge on any atom is -0.478 e. The highest BCUT2D eigenvalue weighted by atomic mass is 16.4. The van der Waals surface area contributed by atoms with E-state index in [-0.39, 0.29) is 0 Å². The van der Waals surface area contributed by atoms with Crippen molar-refractivity contribution in [3.63, 3.8) is 0 Å². The van der Waals surface area contributed by atoms with Gasteiger partial charge in [0.25, 0.3) is 0 Å². The Labute approximate surface area is 118 Å². The van der Waals surface area contributed by atoms with Crippen molar-refractivity contribution in [2.45, 2.75) is 45.1 Å². The number of benzene rings is 1. The zero-order valence-electron chi connectivity index (χ0n) is 11.7. The van der Waals surface area contributed by atoms with Crippen LogP contribution in [0.1, 0.15) is 55.4 Å². The van der Waals surface area contributed by atoms with E-state index in [1.165, 1.54) is 32.1 Å². The fourth-order valence-corrected chi connectivity index (χ4v) is 3.41. The SMILES string of the molecule is CC(C1CCCCC1)n1cnc2cccc(C(=O)O)c21. The third-order valence-corrected chi connectivity index (χ3v) is 4.60. The van der Waals surface area contributed by atoms with Crippen LogP contribution in [0.15, 0.2) is 24.5 Å². The first-order valence-corrected chi connectivity index (χ1v) is 7.37. The monoisotopic (exact) mass is 272 g/mol. The van der Waals surface area contributed by atoms with Gasteiger partial charge in [-0.2, -0.15) is 0 Å². The minimum atomic E-state index is -0.881. The molecule has 1 aliphatic rings. The van der Waals surface area contributed by atoms with Crippen LogP contribution < -0.4 is 0 Å². The molecule has 0 aliphatic heterocycles. The lowest BCUT2D eigenvalue weighted by molar-refractivity contribution is 0.0698. The van der Waals surface area contributed by atoms with E-state index in [2.05, 4.69) is 16.5 Å². The average molecular weight is 272 g/mol. The van der Waals surface area contributed by atoms with Crippen molar-refractivity contribution in [1.29, 1.82) is 0 Å². The Bertz CT molecular complexity index is 626. The van der Waals surface area contributed by atoms with E-state index < -0.39 is 5.97 Å². The number of nitrogens with zero attached hydrogens (tertiary/aromatic N) is 2. The van der Waals surface area contributed by atoms with Gasteiger partial charge in [-0.1, -0.05) is 25.3 Å². The Hall–Kier alpha value is -1.84. The van der Waals surface area contributed by atoms with Gasteiger partial charge in [0.1, 0.15) is 0 Å².